The van der Waals surface area contributed by atoms with Crippen molar-refractivity contribution < 1.29 is 24.5 Å². The van der Waals surface area contributed by atoms with Gasteiger partial charge in [-0.25, -0.2) is 0 Å². The van der Waals surface area contributed by atoms with Gasteiger partial charge in [0.05, 0.1) is 7.11 Å². The molecule has 2 amide bonds. The first-order valence-electron chi connectivity index (χ1n) is 7.08. The predicted octanol–water partition coefficient (Wildman–Crippen LogP) is 0.958. The normalized spacial score (nSPS) is 10.3. The lowest BCUT2D eigenvalue weighted by atomic mass is 10.2. The third-order valence-corrected chi connectivity index (χ3v) is 3.50. The Morgan fingerprint density at radius 1 is 1.08 bits per heavy atom. The van der Waals surface area contributed by atoms with Gasteiger partial charge in [0.25, 0.3) is 11.8 Å². The zero-order valence-corrected chi connectivity index (χ0v) is 13.8. The topological polar surface area (TPSA) is 104 Å². The number of nitrogens with zero attached hydrogens (tertiary/aromatic N) is 2. The summed E-state index contributed by atoms with van der Waals surface area (Å²) in [6.45, 7) is 0. The molecule has 1 aromatic carbocycles. The summed E-state index contributed by atoms with van der Waals surface area (Å²) in [6, 6.07) is 6.50. The third-order valence-electron chi connectivity index (χ3n) is 3.50. The lowest BCUT2D eigenvalue weighted by Gasteiger charge is -2.15. The number of methoxy groups -OCH3 is 1. The van der Waals surface area contributed by atoms with Crippen LogP contribution in [0.15, 0.2) is 24.3 Å². The average molecular weight is 333 g/mol. The van der Waals surface area contributed by atoms with Crippen LogP contribution in [0.3, 0.4) is 0 Å². The van der Waals surface area contributed by atoms with Crippen molar-refractivity contribution in [3.05, 3.63) is 35.7 Å². The van der Waals surface area contributed by atoms with Crippen molar-refractivity contribution in [3.8, 4) is 22.9 Å². The SMILES string of the molecule is CNC(=O)c1c(O)c(O)c(C(=O)N(C)C)n1-c1ccc(OC)cc1. The summed E-state index contributed by atoms with van der Waals surface area (Å²) in [7, 11) is 5.91. The highest BCUT2D eigenvalue weighted by Gasteiger charge is 2.31. The lowest BCUT2D eigenvalue weighted by Crippen LogP contribution is -2.27. The summed E-state index contributed by atoms with van der Waals surface area (Å²) in [4.78, 5) is 25.8. The Morgan fingerprint density at radius 3 is 2.08 bits per heavy atom. The maximum atomic E-state index is 12.4. The molecule has 0 aliphatic carbocycles. The van der Waals surface area contributed by atoms with Gasteiger partial charge in [0.2, 0.25) is 0 Å². The molecule has 0 spiro atoms. The average Bonchev–Trinajstić information content (AvgIpc) is 2.85. The van der Waals surface area contributed by atoms with E-state index in [4.69, 9.17) is 4.74 Å². The van der Waals surface area contributed by atoms with Crippen molar-refractivity contribution in [2.24, 2.45) is 0 Å². The van der Waals surface area contributed by atoms with Crippen LogP contribution in [0, 0.1) is 0 Å². The Kier molecular flexibility index (Phi) is 4.68. The molecule has 0 saturated heterocycles. The molecule has 0 radical (unpaired) electrons. The van der Waals surface area contributed by atoms with Gasteiger partial charge in [-0.15, -0.1) is 0 Å². The molecule has 2 aromatic rings. The summed E-state index contributed by atoms with van der Waals surface area (Å²) in [5, 5.41) is 22.8. The van der Waals surface area contributed by atoms with Crippen molar-refractivity contribution >= 4 is 11.8 Å². The van der Waals surface area contributed by atoms with Gasteiger partial charge >= 0.3 is 0 Å². The Morgan fingerprint density at radius 2 is 1.62 bits per heavy atom. The van der Waals surface area contributed by atoms with Crippen LogP contribution < -0.4 is 10.1 Å². The molecule has 2 rings (SSSR count). The number of carbonyl (C=O) groups is 2. The van der Waals surface area contributed by atoms with E-state index in [-0.39, 0.29) is 11.4 Å². The fourth-order valence-corrected chi connectivity index (χ4v) is 2.27. The highest BCUT2D eigenvalue weighted by molar-refractivity contribution is 6.04. The van der Waals surface area contributed by atoms with E-state index in [1.165, 1.54) is 37.7 Å². The van der Waals surface area contributed by atoms with Crippen LogP contribution in [-0.2, 0) is 0 Å². The van der Waals surface area contributed by atoms with E-state index in [0.717, 1.165) is 0 Å². The monoisotopic (exact) mass is 333 g/mol. The number of rotatable bonds is 4. The second-order valence-electron chi connectivity index (χ2n) is 5.21. The molecule has 0 atom stereocenters. The number of hydrogen-bond donors (Lipinski definition) is 3. The maximum Gasteiger partial charge on any atom is 0.274 e. The maximum absolute atomic E-state index is 12.4. The van der Waals surface area contributed by atoms with Crippen LogP contribution in [0.1, 0.15) is 21.0 Å². The van der Waals surface area contributed by atoms with E-state index in [1.807, 2.05) is 0 Å². The molecular weight excluding hydrogens is 314 g/mol. The second-order valence-corrected chi connectivity index (χ2v) is 5.21. The third kappa shape index (κ3) is 2.73. The molecule has 1 heterocycles. The van der Waals surface area contributed by atoms with E-state index in [9.17, 15) is 19.8 Å². The molecule has 1 aromatic heterocycles. The molecule has 3 N–H and O–H groups in total. The van der Waals surface area contributed by atoms with Gasteiger partial charge in [-0.05, 0) is 24.3 Å². The fraction of sp³-hybridized carbons (Fsp3) is 0.250. The van der Waals surface area contributed by atoms with Gasteiger partial charge < -0.3 is 25.2 Å². The number of ether oxygens (including phenoxy) is 1. The summed E-state index contributed by atoms with van der Waals surface area (Å²) >= 11 is 0. The van der Waals surface area contributed by atoms with Gasteiger partial charge in [0.15, 0.2) is 22.9 Å². The van der Waals surface area contributed by atoms with E-state index < -0.39 is 23.3 Å². The van der Waals surface area contributed by atoms with Gasteiger partial charge in [-0.3, -0.25) is 14.2 Å². The summed E-state index contributed by atoms with van der Waals surface area (Å²) in [5.74, 6) is -1.93. The summed E-state index contributed by atoms with van der Waals surface area (Å²) in [5.41, 5.74) is -0.0261. The minimum atomic E-state index is -0.657. The van der Waals surface area contributed by atoms with Crippen LogP contribution in [-0.4, -0.2) is 59.7 Å². The van der Waals surface area contributed by atoms with Crippen LogP contribution >= 0.6 is 0 Å². The Balaban J connectivity index is 2.80. The first-order chi connectivity index (χ1) is 11.3. The van der Waals surface area contributed by atoms with Gasteiger partial charge in [-0.2, -0.15) is 0 Å². The molecule has 0 bridgehead atoms. The summed E-state index contributed by atoms with van der Waals surface area (Å²) < 4.78 is 6.30. The van der Waals surface area contributed by atoms with Crippen molar-refractivity contribution in [3.63, 3.8) is 0 Å². The fourth-order valence-electron chi connectivity index (χ4n) is 2.27. The molecule has 0 aliphatic rings. The second kappa shape index (κ2) is 6.53. The first-order valence-corrected chi connectivity index (χ1v) is 7.08. The Hall–Kier alpha value is -3.16. The van der Waals surface area contributed by atoms with Crippen molar-refractivity contribution in [2.75, 3.05) is 28.3 Å². The molecule has 0 unspecified atom stereocenters. The number of benzene rings is 1. The predicted molar refractivity (Wildman–Crippen MR) is 87.1 cm³/mol. The number of carbonyl (C=O) groups excluding carboxylic acids is 2. The van der Waals surface area contributed by atoms with E-state index >= 15 is 0 Å². The number of hydrogen-bond acceptors (Lipinski definition) is 5. The van der Waals surface area contributed by atoms with Crippen molar-refractivity contribution in [1.29, 1.82) is 0 Å². The molecule has 0 aliphatic heterocycles. The van der Waals surface area contributed by atoms with Crippen LogP contribution in [0.25, 0.3) is 5.69 Å². The van der Waals surface area contributed by atoms with Crippen molar-refractivity contribution in [1.82, 2.24) is 14.8 Å². The highest BCUT2D eigenvalue weighted by Crippen LogP contribution is 2.38. The van der Waals surface area contributed by atoms with Crippen LogP contribution in [0.2, 0.25) is 0 Å². The van der Waals surface area contributed by atoms with Crippen molar-refractivity contribution in [2.45, 2.75) is 0 Å². The molecule has 128 valence electrons. The highest BCUT2D eigenvalue weighted by atomic mass is 16.5. The van der Waals surface area contributed by atoms with Gasteiger partial charge in [-0.1, -0.05) is 0 Å². The van der Waals surface area contributed by atoms with Crippen LogP contribution in [0.4, 0.5) is 0 Å². The minimum Gasteiger partial charge on any atom is -0.503 e. The standard InChI is InChI=1S/C16H19N3O5/c1-17-15(22)11-13(20)14(21)12(16(23)18(2)3)19(11)9-5-7-10(24-4)8-6-9/h5-8,20-21H,1-4H3,(H,17,22). The first kappa shape index (κ1) is 17.2. The molecule has 0 fully saturated rings. The minimum absolute atomic E-state index is 0.207. The zero-order chi connectivity index (χ0) is 18.0. The molecular formula is C16H19N3O5. The zero-order valence-electron chi connectivity index (χ0n) is 13.8. The van der Waals surface area contributed by atoms with E-state index in [0.29, 0.717) is 11.4 Å². The van der Waals surface area contributed by atoms with E-state index in [1.54, 1.807) is 24.3 Å². The quantitative estimate of drug-likeness (QED) is 0.773. The number of aromatic nitrogens is 1. The largest absolute Gasteiger partial charge is 0.503 e. The number of nitrogens with one attached hydrogen (secondary N) is 1. The molecule has 24 heavy (non-hydrogen) atoms. The molecule has 8 nitrogen and oxygen atoms in total. The lowest BCUT2D eigenvalue weighted by molar-refractivity contribution is 0.0816. The van der Waals surface area contributed by atoms with Gasteiger partial charge in [0.1, 0.15) is 5.75 Å². The molecule has 8 heteroatoms. The van der Waals surface area contributed by atoms with Crippen LogP contribution in [0.5, 0.6) is 17.2 Å². The molecule has 0 saturated carbocycles. The number of amides is 2. The van der Waals surface area contributed by atoms with E-state index in [2.05, 4.69) is 5.32 Å². The Labute approximate surface area is 138 Å². The smallest absolute Gasteiger partial charge is 0.274 e. The number of aromatic hydroxyl groups is 2. The Bertz CT molecular complexity index is 778. The van der Waals surface area contributed by atoms with Gasteiger partial charge in [0, 0.05) is 26.8 Å². The summed E-state index contributed by atoms with van der Waals surface area (Å²) in [6.07, 6.45) is 0.